The van der Waals surface area contributed by atoms with E-state index in [1.807, 2.05) is 24.3 Å². The number of aliphatic hydroxyl groups is 1. The van der Waals surface area contributed by atoms with E-state index in [0.29, 0.717) is 43.3 Å². The molecule has 1 aliphatic heterocycles. The largest absolute Gasteiger partial charge is 0.573 e. The molecule has 1 aromatic heterocycles. The van der Waals surface area contributed by atoms with Crippen molar-refractivity contribution in [1.82, 2.24) is 9.97 Å². The van der Waals surface area contributed by atoms with Crippen molar-refractivity contribution in [2.24, 2.45) is 0 Å². The fraction of sp³-hybridized carbons (Fsp3) is 0.333. The maximum atomic E-state index is 12.7. The number of benzene rings is 2. The Labute approximate surface area is 200 Å². The Kier molecular flexibility index (Phi) is 7.88. The number of hydrogen-bond acceptors (Lipinski definition) is 8. The molecule has 1 saturated heterocycles. The molecule has 0 amide bonds. The minimum atomic E-state index is -4.79. The van der Waals surface area contributed by atoms with Crippen LogP contribution in [0.5, 0.6) is 5.75 Å². The van der Waals surface area contributed by atoms with Crippen LogP contribution < -0.4 is 20.3 Å². The topological polar surface area (TPSA) is 91.8 Å². The molecule has 2 aromatic carbocycles. The van der Waals surface area contributed by atoms with Crippen LogP contribution in [0.15, 0.2) is 54.6 Å². The van der Waals surface area contributed by atoms with Gasteiger partial charge in [-0.2, -0.15) is 4.98 Å². The van der Waals surface area contributed by atoms with Gasteiger partial charge in [-0.1, -0.05) is 12.1 Å². The minimum Gasteiger partial charge on any atom is -0.406 e. The summed E-state index contributed by atoms with van der Waals surface area (Å²) in [7, 11) is 0. The number of ether oxygens (including phenoxy) is 2. The molecule has 3 aromatic rings. The molecule has 0 bridgehead atoms. The maximum Gasteiger partial charge on any atom is 0.573 e. The number of morpholine rings is 1. The molecule has 4 rings (SSSR count). The van der Waals surface area contributed by atoms with E-state index in [1.165, 1.54) is 18.2 Å². The Bertz CT molecular complexity index is 1110. The van der Waals surface area contributed by atoms with E-state index in [0.717, 1.165) is 24.5 Å². The van der Waals surface area contributed by atoms with Crippen LogP contribution in [0.4, 0.5) is 36.3 Å². The van der Waals surface area contributed by atoms with Crippen molar-refractivity contribution in [2.75, 3.05) is 55.0 Å². The predicted molar refractivity (Wildman–Crippen MR) is 127 cm³/mol. The summed E-state index contributed by atoms with van der Waals surface area (Å²) in [5, 5.41) is 15.3. The summed E-state index contributed by atoms with van der Waals surface area (Å²) in [6, 6.07) is 15.1. The lowest BCUT2D eigenvalue weighted by molar-refractivity contribution is -0.274. The third-order valence-electron chi connectivity index (χ3n) is 5.22. The molecule has 186 valence electrons. The number of halogens is 3. The molecule has 8 nitrogen and oxygen atoms in total. The summed E-state index contributed by atoms with van der Waals surface area (Å²) in [4.78, 5) is 11.1. The number of hydrogen-bond donors (Lipinski definition) is 3. The molecule has 0 spiro atoms. The van der Waals surface area contributed by atoms with Crippen molar-refractivity contribution in [1.29, 1.82) is 0 Å². The fourth-order valence-corrected chi connectivity index (χ4v) is 3.60. The van der Waals surface area contributed by atoms with Crippen molar-refractivity contribution in [3.05, 3.63) is 54.6 Å². The van der Waals surface area contributed by atoms with Crippen LogP contribution in [0.1, 0.15) is 6.42 Å². The highest BCUT2D eigenvalue weighted by Crippen LogP contribution is 2.29. The number of aliphatic hydroxyl groups excluding tert-OH is 1. The Hall–Kier alpha value is -3.57. The lowest BCUT2D eigenvalue weighted by atomic mass is 10.1. The van der Waals surface area contributed by atoms with Gasteiger partial charge in [-0.3, -0.25) is 0 Å². The smallest absolute Gasteiger partial charge is 0.406 e. The zero-order chi connectivity index (χ0) is 24.7. The first-order valence-corrected chi connectivity index (χ1v) is 11.2. The molecule has 0 unspecified atom stereocenters. The van der Waals surface area contributed by atoms with Gasteiger partial charge >= 0.3 is 6.36 Å². The van der Waals surface area contributed by atoms with Crippen molar-refractivity contribution < 1.29 is 27.8 Å². The number of aromatic nitrogens is 2. The van der Waals surface area contributed by atoms with Gasteiger partial charge in [0.25, 0.3) is 0 Å². The number of nitrogens with zero attached hydrogens (tertiary/aromatic N) is 3. The molecule has 1 aliphatic rings. The first kappa shape index (κ1) is 24.6. The van der Waals surface area contributed by atoms with Crippen LogP contribution in [-0.2, 0) is 4.74 Å². The zero-order valence-electron chi connectivity index (χ0n) is 18.9. The van der Waals surface area contributed by atoms with Gasteiger partial charge in [0.2, 0.25) is 5.95 Å². The molecule has 0 saturated carbocycles. The molecule has 35 heavy (non-hydrogen) atoms. The van der Waals surface area contributed by atoms with Crippen molar-refractivity contribution in [3.8, 4) is 17.0 Å². The van der Waals surface area contributed by atoms with E-state index in [2.05, 4.69) is 30.2 Å². The normalized spacial score (nSPS) is 14.0. The minimum absolute atomic E-state index is 0.00408. The number of rotatable bonds is 9. The summed E-state index contributed by atoms with van der Waals surface area (Å²) >= 11 is 0. The van der Waals surface area contributed by atoms with Crippen molar-refractivity contribution >= 4 is 23.1 Å². The molecule has 1 fully saturated rings. The highest BCUT2D eigenvalue weighted by molar-refractivity contribution is 5.69. The number of alkyl halides is 3. The summed E-state index contributed by atoms with van der Waals surface area (Å²) in [6.45, 7) is 3.51. The van der Waals surface area contributed by atoms with Crippen LogP contribution in [0, 0.1) is 0 Å². The second kappa shape index (κ2) is 11.2. The zero-order valence-corrected chi connectivity index (χ0v) is 18.9. The predicted octanol–water partition coefficient (Wildman–Crippen LogP) is 4.42. The number of nitrogens with one attached hydrogen (secondary N) is 2. The lowest BCUT2D eigenvalue weighted by Crippen LogP contribution is -2.36. The second-order valence-corrected chi connectivity index (χ2v) is 7.81. The van der Waals surface area contributed by atoms with E-state index in [-0.39, 0.29) is 18.3 Å². The van der Waals surface area contributed by atoms with E-state index in [4.69, 9.17) is 9.84 Å². The van der Waals surface area contributed by atoms with Crippen molar-refractivity contribution in [2.45, 2.75) is 12.8 Å². The highest BCUT2D eigenvalue weighted by atomic mass is 19.4. The molecule has 11 heteroatoms. The van der Waals surface area contributed by atoms with Crippen LogP contribution in [-0.4, -0.2) is 60.9 Å². The Balaban J connectivity index is 1.57. The Morgan fingerprint density at radius 1 is 1.03 bits per heavy atom. The standard InChI is InChI=1S/C24H26F3N5O3/c25-24(26,27)35-20-4-1-3-17(15-20)21-16-22(31-23(30-21)28-9-2-12-33)29-18-5-7-19(8-6-18)32-10-13-34-14-11-32/h1,3-8,15-16,33H,2,9-14H2,(H2,28,29,30,31). The quantitative estimate of drug-likeness (QED) is 0.381. The van der Waals surface area contributed by atoms with Crippen LogP contribution in [0.2, 0.25) is 0 Å². The first-order chi connectivity index (χ1) is 16.9. The highest BCUT2D eigenvalue weighted by Gasteiger charge is 2.31. The molecule has 2 heterocycles. The Morgan fingerprint density at radius 2 is 1.80 bits per heavy atom. The van der Waals surface area contributed by atoms with Gasteiger partial charge in [-0.15, -0.1) is 13.2 Å². The summed E-state index contributed by atoms with van der Waals surface area (Å²) in [5.74, 6) is 0.407. The number of anilines is 4. The van der Waals surface area contributed by atoms with Crippen molar-refractivity contribution in [3.63, 3.8) is 0 Å². The van der Waals surface area contributed by atoms with Gasteiger partial charge in [-0.05, 0) is 42.8 Å². The summed E-state index contributed by atoms with van der Waals surface area (Å²) in [6.07, 6.45) is -4.30. The van der Waals surface area contributed by atoms with E-state index in [1.54, 1.807) is 12.1 Å². The maximum absolute atomic E-state index is 12.7. The summed E-state index contributed by atoms with van der Waals surface area (Å²) in [5.41, 5.74) is 2.73. The molecule has 0 aliphatic carbocycles. The van der Waals surface area contributed by atoms with Crippen LogP contribution >= 0.6 is 0 Å². The van der Waals surface area contributed by atoms with Gasteiger partial charge < -0.3 is 30.1 Å². The van der Waals surface area contributed by atoms with E-state index in [9.17, 15) is 13.2 Å². The summed E-state index contributed by atoms with van der Waals surface area (Å²) < 4.78 is 47.4. The van der Waals surface area contributed by atoms with Crippen LogP contribution in [0.3, 0.4) is 0 Å². The lowest BCUT2D eigenvalue weighted by Gasteiger charge is -2.28. The third-order valence-corrected chi connectivity index (χ3v) is 5.22. The van der Waals surface area contributed by atoms with Gasteiger partial charge in [0, 0.05) is 49.2 Å². The van der Waals surface area contributed by atoms with Gasteiger partial charge in [0.05, 0.1) is 18.9 Å². The fourth-order valence-electron chi connectivity index (χ4n) is 3.60. The van der Waals surface area contributed by atoms with E-state index < -0.39 is 6.36 Å². The monoisotopic (exact) mass is 489 g/mol. The second-order valence-electron chi connectivity index (χ2n) is 7.81. The molecule has 0 atom stereocenters. The molecular weight excluding hydrogens is 463 g/mol. The van der Waals surface area contributed by atoms with E-state index >= 15 is 0 Å². The van der Waals surface area contributed by atoms with Gasteiger partial charge in [0.1, 0.15) is 11.6 Å². The molecule has 0 radical (unpaired) electrons. The Morgan fingerprint density at radius 3 is 2.51 bits per heavy atom. The molecule has 3 N–H and O–H groups in total. The third kappa shape index (κ3) is 7.20. The van der Waals surface area contributed by atoms with Gasteiger partial charge in [-0.25, -0.2) is 4.98 Å². The van der Waals surface area contributed by atoms with Gasteiger partial charge in [0.15, 0.2) is 0 Å². The average Bonchev–Trinajstić information content (AvgIpc) is 2.84. The molecular formula is C24H26F3N5O3. The van der Waals surface area contributed by atoms with Crippen LogP contribution in [0.25, 0.3) is 11.3 Å². The SMILES string of the molecule is OCCCNc1nc(Nc2ccc(N3CCOCC3)cc2)cc(-c2cccc(OC(F)(F)F)c2)n1. The first-order valence-electron chi connectivity index (χ1n) is 11.2. The average molecular weight is 489 g/mol.